The van der Waals surface area contributed by atoms with Gasteiger partial charge in [-0.25, -0.2) is 0 Å². The molecule has 1 aliphatic carbocycles. The predicted octanol–water partition coefficient (Wildman–Crippen LogP) is 1.48. The number of aliphatic hydroxyl groups is 1. The molecule has 1 saturated heterocycles. The van der Waals surface area contributed by atoms with Gasteiger partial charge in [-0.3, -0.25) is 4.90 Å². The highest BCUT2D eigenvalue weighted by Gasteiger charge is 2.29. The number of β-amino-alcohol motifs (C(OH)–C–C–N with tert-alkyl or cyclic N) is 1. The van der Waals surface area contributed by atoms with Crippen molar-refractivity contribution >= 4 is 0 Å². The van der Waals surface area contributed by atoms with Crippen LogP contribution in [0.3, 0.4) is 0 Å². The molecule has 0 bridgehead atoms. The monoisotopic (exact) mass is 284 g/mol. The van der Waals surface area contributed by atoms with Crippen LogP contribution in [0.2, 0.25) is 0 Å². The van der Waals surface area contributed by atoms with Gasteiger partial charge in [0.15, 0.2) is 0 Å². The topological polar surface area (TPSA) is 44.7 Å². The Morgan fingerprint density at radius 1 is 1.25 bits per heavy atom. The summed E-state index contributed by atoms with van der Waals surface area (Å²) in [5.74, 6) is 1.58. The second-order valence-electron chi connectivity index (χ2n) is 7.27. The molecule has 4 heteroatoms. The average Bonchev–Trinajstić information content (AvgIpc) is 2.38. The third-order valence-corrected chi connectivity index (χ3v) is 4.84. The molecule has 2 rings (SSSR count). The van der Waals surface area contributed by atoms with Crippen molar-refractivity contribution in [3.8, 4) is 0 Å². The number of nitrogens with zero attached hydrogens (tertiary/aromatic N) is 1. The van der Waals surface area contributed by atoms with Gasteiger partial charge in [0, 0.05) is 32.2 Å². The molecule has 0 radical (unpaired) electrons. The highest BCUT2D eigenvalue weighted by molar-refractivity contribution is 4.86. The number of hydrogen-bond donors (Lipinski definition) is 2. The van der Waals surface area contributed by atoms with Crippen LogP contribution >= 0.6 is 0 Å². The summed E-state index contributed by atoms with van der Waals surface area (Å²) in [5, 5.41) is 14.2. The largest absolute Gasteiger partial charge is 0.388 e. The van der Waals surface area contributed by atoms with E-state index in [1.54, 1.807) is 0 Å². The quantitative estimate of drug-likeness (QED) is 0.803. The number of nitrogens with one attached hydrogen (secondary N) is 1. The molecule has 20 heavy (non-hydrogen) atoms. The van der Waals surface area contributed by atoms with Crippen molar-refractivity contribution in [3.63, 3.8) is 0 Å². The van der Waals surface area contributed by atoms with E-state index in [1.165, 1.54) is 19.3 Å². The minimum absolute atomic E-state index is 0.572. The van der Waals surface area contributed by atoms with E-state index in [9.17, 15) is 5.11 Å². The maximum absolute atomic E-state index is 10.6. The summed E-state index contributed by atoms with van der Waals surface area (Å²) in [5.41, 5.74) is -0.653. The molecule has 4 nitrogen and oxygen atoms in total. The number of morpholine rings is 1. The van der Waals surface area contributed by atoms with Crippen LogP contribution in [0.4, 0.5) is 0 Å². The number of hydrogen-bond acceptors (Lipinski definition) is 4. The van der Waals surface area contributed by atoms with Gasteiger partial charge < -0.3 is 15.2 Å². The zero-order chi connectivity index (χ0) is 14.6. The van der Waals surface area contributed by atoms with Crippen LogP contribution in [-0.4, -0.2) is 61.0 Å². The van der Waals surface area contributed by atoms with E-state index < -0.39 is 5.60 Å². The first kappa shape index (κ1) is 16.2. The maximum atomic E-state index is 10.6. The summed E-state index contributed by atoms with van der Waals surface area (Å²) in [4.78, 5) is 2.30. The van der Waals surface area contributed by atoms with Crippen LogP contribution in [0.1, 0.15) is 40.0 Å². The zero-order valence-electron chi connectivity index (χ0n) is 13.4. The Bertz CT molecular complexity index is 290. The Labute approximate surface area is 123 Å². The molecule has 0 aromatic heterocycles. The molecular formula is C16H32N2O2. The minimum Gasteiger partial charge on any atom is -0.388 e. The molecule has 0 amide bonds. The lowest BCUT2D eigenvalue weighted by Crippen LogP contribution is -2.53. The molecule has 0 aromatic carbocycles. The van der Waals surface area contributed by atoms with E-state index in [1.807, 2.05) is 6.92 Å². The SMILES string of the molecule is C[C@@H]1CC[C@H](NC[C@@](C)(O)CN2CCOCC2)[C@H](C)C1. The Morgan fingerprint density at radius 3 is 2.60 bits per heavy atom. The van der Waals surface area contributed by atoms with Crippen molar-refractivity contribution in [2.24, 2.45) is 11.8 Å². The van der Waals surface area contributed by atoms with Gasteiger partial charge in [0.25, 0.3) is 0 Å². The number of ether oxygens (including phenoxy) is 1. The van der Waals surface area contributed by atoms with Crippen molar-refractivity contribution in [3.05, 3.63) is 0 Å². The lowest BCUT2D eigenvalue weighted by molar-refractivity contribution is -0.0242. The van der Waals surface area contributed by atoms with Crippen LogP contribution in [0.15, 0.2) is 0 Å². The maximum Gasteiger partial charge on any atom is 0.0869 e. The Kier molecular flexibility index (Phi) is 5.84. The molecule has 0 unspecified atom stereocenters. The van der Waals surface area contributed by atoms with Gasteiger partial charge in [-0.2, -0.15) is 0 Å². The molecule has 2 N–H and O–H groups in total. The van der Waals surface area contributed by atoms with Crippen LogP contribution in [0.5, 0.6) is 0 Å². The van der Waals surface area contributed by atoms with E-state index in [2.05, 4.69) is 24.1 Å². The summed E-state index contributed by atoms with van der Waals surface area (Å²) < 4.78 is 5.35. The summed E-state index contributed by atoms with van der Waals surface area (Å²) >= 11 is 0. The van der Waals surface area contributed by atoms with Crippen molar-refractivity contribution in [2.45, 2.75) is 51.7 Å². The molecule has 0 aromatic rings. The first-order valence-corrected chi connectivity index (χ1v) is 8.22. The van der Waals surface area contributed by atoms with E-state index in [-0.39, 0.29) is 0 Å². The fourth-order valence-corrected chi connectivity index (χ4v) is 3.62. The lowest BCUT2D eigenvalue weighted by Gasteiger charge is -2.38. The standard InChI is InChI=1S/C16H32N2O2/c1-13-4-5-15(14(2)10-13)17-11-16(3,19)12-18-6-8-20-9-7-18/h13-15,17,19H,4-12H2,1-3H3/t13-,14-,15+,16-/m1/s1. The zero-order valence-corrected chi connectivity index (χ0v) is 13.4. The van der Waals surface area contributed by atoms with Gasteiger partial charge in [0.1, 0.15) is 0 Å². The highest BCUT2D eigenvalue weighted by Crippen LogP contribution is 2.28. The summed E-state index contributed by atoms with van der Waals surface area (Å²) in [6.45, 7) is 11.5. The lowest BCUT2D eigenvalue weighted by atomic mass is 9.79. The Morgan fingerprint density at radius 2 is 1.95 bits per heavy atom. The van der Waals surface area contributed by atoms with Crippen LogP contribution in [0.25, 0.3) is 0 Å². The van der Waals surface area contributed by atoms with Crippen molar-refractivity contribution in [1.29, 1.82) is 0 Å². The number of rotatable bonds is 5. The fraction of sp³-hybridized carbons (Fsp3) is 1.00. The minimum atomic E-state index is -0.653. The molecule has 4 atom stereocenters. The molecule has 2 fully saturated rings. The molecule has 1 saturated carbocycles. The third kappa shape index (κ3) is 4.99. The molecule has 1 aliphatic heterocycles. The van der Waals surface area contributed by atoms with Gasteiger partial charge in [0.2, 0.25) is 0 Å². The Hall–Kier alpha value is -0.160. The van der Waals surface area contributed by atoms with Gasteiger partial charge in [-0.05, 0) is 38.0 Å². The van der Waals surface area contributed by atoms with Crippen LogP contribution < -0.4 is 5.32 Å². The second-order valence-corrected chi connectivity index (χ2v) is 7.27. The molecular weight excluding hydrogens is 252 g/mol. The van der Waals surface area contributed by atoms with E-state index in [0.717, 1.165) is 44.7 Å². The average molecular weight is 284 g/mol. The smallest absolute Gasteiger partial charge is 0.0869 e. The fourth-order valence-electron chi connectivity index (χ4n) is 3.62. The summed E-state index contributed by atoms with van der Waals surface area (Å²) in [6.07, 6.45) is 3.87. The van der Waals surface area contributed by atoms with Crippen molar-refractivity contribution < 1.29 is 9.84 Å². The van der Waals surface area contributed by atoms with Gasteiger partial charge in [-0.1, -0.05) is 13.8 Å². The van der Waals surface area contributed by atoms with E-state index in [4.69, 9.17) is 4.74 Å². The van der Waals surface area contributed by atoms with Gasteiger partial charge in [0.05, 0.1) is 18.8 Å². The van der Waals surface area contributed by atoms with Crippen molar-refractivity contribution in [1.82, 2.24) is 10.2 Å². The first-order valence-electron chi connectivity index (χ1n) is 8.22. The van der Waals surface area contributed by atoms with Crippen LogP contribution in [-0.2, 0) is 4.74 Å². The normalized spacial score (nSPS) is 35.7. The third-order valence-electron chi connectivity index (χ3n) is 4.84. The van der Waals surface area contributed by atoms with E-state index in [0.29, 0.717) is 12.6 Å². The van der Waals surface area contributed by atoms with Crippen LogP contribution in [0, 0.1) is 11.8 Å². The summed E-state index contributed by atoms with van der Waals surface area (Å²) in [6, 6.07) is 0.572. The van der Waals surface area contributed by atoms with Crippen molar-refractivity contribution in [2.75, 3.05) is 39.4 Å². The molecule has 118 valence electrons. The second kappa shape index (κ2) is 7.21. The highest BCUT2D eigenvalue weighted by atomic mass is 16.5. The van der Waals surface area contributed by atoms with Gasteiger partial charge in [-0.15, -0.1) is 0 Å². The molecule has 2 aliphatic rings. The molecule has 1 heterocycles. The first-order chi connectivity index (χ1) is 9.46. The predicted molar refractivity (Wildman–Crippen MR) is 81.9 cm³/mol. The van der Waals surface area contributed by atoms with Gasteiger partial charge >= 0.3 is 0 Å². The molecule has 0 spiro atoms. The Balaban J connectivity index is 1.73. The van der Waals surface area contributed by atoms with E-state index >= 15 is 0 Å². The summed E-state index contributed by atoms with van der Waals surface area (Å²) in [7, 11) is 0.